The zero-order chi connectivity index (χ0) is 22.1. The number of hydrogen-bond donors (Lipinski definition) is 1. The van der Waals surface area contributed by atoms with E-state index in [4.69, 9.17) is 13.9 Å². The lowest BCUT2D eigenvalue weighted by Crippen LogP contribution is -2.27. The van der Waals surface area contributed by atoms with Crippen LogP contribution in [-0.2, 0) is 11.3 Å². The molecule has 0 spiro atoms. The number of fused-ring (bicyclic) bond motifs is 2. The third kappa shape index (κ3) is 3.94. The number of furan rings is 1. The number of benzene rings is 2. The monoisotopic (exact) mass is 449 g/mol. The van der Waals surface area contributed by atoms with Crippen LogP contribution >= 0.6 is 11.8 Å². The third-order valence-electron chi connectivity index (χ3n) is 5.01. The van der Waals surface area contributed by atoms with E-state index in [1.807, 2.05) is 6.07 Å². The first-order chi connectivity index (χ1) is 15.6. The largest absolute Gasteiger partial charge is 0.467 e. The van der Waals surface area contributed by atoms with E-state index in [9.17, 15) is 9.59 Å². The highest BCUT2D eigenvalue weighted by Crippen LogP contribution is 2.34. The maximum atomic E-state index is 13.2. The second-order valence-electron chi connectivity index (χ2n) is 7.20. The summed E-state index contributed by atoms with van der Waals surface area (Å²) in [6.07, 6.45) is 1.56. The lowest BCUT2D eigenvalue weighted by Gasteiger charge is -2.16. The van der Waals surface area contributed by atoms with E-state index >= 15 is 0 Å². The maximum absolute atomic E-state index is 13.2. The Bertz CT molecular complexity index is 1350. The summed E-state index contributed by atoms with van der Waals surface area (Å²) >= 11 is 1.22. The standard InChI is InChI=1S/C23H19N3O5S/c1-14(21(27)24-15-8-9-19-20(11-15)31-13-30-19)32-23-25-18-7-3-2-6-17(18)22(28)26(23)12-16-5-4-10-29-16/h2-11,14H,12-13H2,1H3,(H,24,27)/t14-/m1/s1. The quantitative estimate of drug-likeness (QED) is 0.352. The number of ether oxygens (including phenoxy) is 2. The van der Waals surface area contributed by atoms with E-state index in [0.29, 0.717) is 39.0 Å². The van der Waals surface area contributed by atoms with E-state index in [2.05, 4.69) is 10.3 Å². The van der Waals surface area contributed by atoms with Gasteiger partial charge in [0.05, 0.1) is 29.0 Å². The molecule has 8 nitrogen and oxygen atoms in total. The Balaban J connectivity index is 1.42. The molecule has 1 N–H and O–H groups in total. The van der Waals surface area contributed by atoms with Crippen LogP contribution in [0, 0.1) is 0 Å². The minimum Gasteiger partial charge on any atom is -0.467 e. The number of nitrogens with one attached hydrogen (secondary N) is 1. The molecule has 1 amide bonds. The molecule has 2 aromatic carbocycles. The molecule has 0 radical (unpaired) electrons. The number of hydrogen-bond acceptors (Lipinski definition) is 7. The van der Waals surface area contributed by atoms with Crippen molar-refractivity contribution in [3.05, 3.63) is 77.0 Å². The summed E-state index contributed by atoms with van der Waals surface area (Å²) in [7, 11) is 0. The van der Waals surface area contributed by atoms with Crippen molar-refractivity contribution < 1.29 is 18.7 Å². The van der Waals surface area contributed by atoms with Crippen LogP contribution in [0.25, 0.3) is 10.9 Å². The van der Waals surface area contributed by atoms with E-state index in [0.717, 1.165) is 0 Å². The number of anilines is 1. The molecule has 1 aliphatic heterocycles. The van der Waals surface area contributed by atoms with Crippen molar-refractivity contribution >= 4 is 34.3 Å². The SMILES string of the molecule is C[C@@H](Sc1nc2ccccc2c(=O)n1Cc1ccco1)C(=O)Nc1ccc2c(c1)OCO2. The molecule has 0 saturated heterocycles. The highest BCUT2D eigenvalue weighted by Gasteiger charge is 2.21. The van der Waals surface area contributed by atoms with Gasteiger partial charge >= 0.3 is 0 Å². The van der Waals surface area contributed by atoms with Gasteiger partial charge in [-0.3, -0.25) is 14.2 Å². The van der Waals surface area contributed by atoms with Gasteiger partial charge in [-0.1, -0.05) is 23.9 Å². The molecule has 162 valence electrons. The lowest BCUT2D eigenvalue weighted by atomic mass is 10.2. The predicted molar refractivity (Wildman–Crippen MR) is 120 cm³/mol. The average Bonchev–Trinajstić information content (AvgIpc) is 3.48. The topological polar surface area (TPSA) is 95.6 Å². The van der Waals surface area contributed by atoms with Gasteiger partial charge in [0.15, 0.2) is 16.7 Å². The zero-order valence-corrected chi connectivity index (χ0v) is 17.9. The number of amides is 1. The van der Waals surface area contributed by atoms with Crippen molar-refractivity contribution in [2.24, 2.45) is 0 Å². The second kappa shape index (κ2) is 8.43. The molecule has 2 aromatic heterocycles. The first-order valence-corrected chi connectivity index (χ1v) is 10.9. The Hall–Kier alpha value is -3.72. The van der Waals surface area contributed by atoms with Crippen LogP contribution in [-0.4, -0.2) is 27.5 Å². The van der Waals surface area contributed by atoms with Gasteiger partial charge in [-0.2, -0.15) is 0 Å². The highest BCUT2D eigenvalue weighted by molar-refractivity contribution is 8.00. The molecule has 4 aromatic rings. The molecule has 5 rings (SSSR count). The molecule has 32 heavy (non-hydrogen) atoms. The van der Waals surface area contributed by atoms with Crippen molar-refractivity contribution in [1.29, 1.82) is 0 Å². The van der Waals surface area contributed by atoms with Crippen molar-refractivity contribution in [2.75, 3.05) is 12.1 Å². The molecule has 0 saturated carbocycles. The molecule has 0 bridgehead atoms. The minimum atomic E-state index is -0.517. The van der Waals surface area contributed by atoms with Crippen LogP contribution in [0.2, 0.25) is 0 Å². The number of thioether (sulfide) groups is 1. The third-order valence-corrected chi connectivity index (χ3v) is 6.10. The van der Waals surface area contributed by atoms with Gasteiger partial charge in [0.1, 0.15) is 5.76 Å². The van der Waals surface area contributed by atoms with Crippen molar-refractivity contribution in [2.45, 2.75) is 23.9 Å². The Labute approximate surface area is 187 Å². The smallest absolute Gasteiger partial charge is 0.262 e. The number of rotatable bonds is 6. The summed E-state index contributed by atoms with van der Waals surface area (Å²) in [5.41, 5.74) is 1.00. The summed E-state index contributed by atoms with van der Waals surface area (Å²) in [6, 6.07) is 16.0. The average molecular weight is 449 g/mol. The zero-order valence-electron chi connectivity index (χ0n) is 17.1. The van der Waals surface area contributed by atoms with Gasteiger partial charge < -0.3 is 19.2 Å². The fourth-order valence-corrected chi connectivity index (χ4v) is 4.27. The van der Waals surface area contributed by atoms with Crippen molar-refractivity contribution in [3.63, 3.8) is 0 Å². The van der Waals surface area contributed by atoms with Crippen LogP contribution in [0.4, 0.5) is 5.69 Å². The molecule has 3 heterocycles. The molecule has 0 aliphatic carbocycles. The summed E-state index contributed by atoms with van der Waals surface area (Å²) in [5, 5.41) is 3.32. The fraction of sp³-hybridized carbons (Fsp3) is 0.174. The van der Waals surface area contributed by atoms with E-state index in [1.54, 1.807) is 61.7 Å². The molecule has 1 aliphatic rings. The van der Waals surface area contributed by atoms with Gasteiger partial charge in [-0.05, 0) is 43.3 Å². The number of aromatic nitrogens is 2. The molecule has 9 heteroatoms. The summed E-state index contributed by atoms with van der Waals surface area (Å²) in [5.74, 6) is 1.64. The van der Waals surface area contributed by atoms with Gasteiger partial charge in [-0.25, -0.2) is 4.98 Å². The Kier molecular flexibility index (Phi) is 5.32. The van der Waals surface area contributed by atoms with E-state index in [1.165, 1.54) is 16.3 Å². The van der Waals surface area contributed by atoms with Gasteiger partial charge in [-0.15, -0.1) is 0 Å². The van der Waals surface area contributed by atoms with Gasteiger partial charge in [0.25, 0.3) is 5.56 Å². The maximum Gasteiger partial charge on any atom is 0.262 e. The van der Waals surface area contributed by atoms with Gasteiger partial charge in [0, 0.05) is 11.8 Å². The van der Waals surface area contributed by atoms with Gasteiger partial charge in [0.2, 0.25) is 12.7 Å². The van der Waals surface area contributed by atoms with Crippen LogP contribution in [0.1, 0.15) is 12.7 Å². The van der Waals surface area contributed by atoms with E-state index < -0.39 is 5.25 Å². The minimum absolute atomic E-state index is 0.166. The molecular formula is C23H19N3O5S. The Morgan fingerprint density at radius 3 is 2.84 bits per heavy atom. The first-order valence-electron chi connectivity index (χ1n) is 9.97. The number of carbonyl (C=O) groups is 1. The Morgan fingerprint density at radius 1 is 1.16 bits per heavy atom. The first kappa shape index (κ1) is 20.2. The van der Waals surface area contributed by atoms with Crippen LogP contribution in [0.15, 0.2) is 75.2 Å². The number of carbonyl (C=O) groups excluding carboxylic acids is 1. The fourth-order valence-electron chi connectivity index (χ4n) is 3.37. The predicted octanol–water partition coefficient (Wildman–Crippen LogP) is 3.89. The second-order valence-corrected chi connectivity index (χ2v) is 8.51. The van der Waals surface area contributed by atoms with Crippen LogP contribution < -0.4 is 20.3 Å². The molecule has 1 atom stereocenters. The van der Waals surface area contributed by atoms with Crippen LogP contribution in [0.3, 0.4) is 0 Å². The summed E-state index contributed by atoms with van der Waals surface area (Å²) in [6.45, 7) is 2.16. The highest BCUT2D eigenvalue weighted by atomic mass is 32.2. The van der Waals surface area contributed by atoms with E-state index in [-0.39, 0.29) is 24.8 Å². The normalized spacial score (nSPS) is 13.3. The molecule has 0 fully saturated rings. The number of para-hydroxylation sites is 1. The van der Waals surface area contributed by atoms with Crippen molar-refractivity contribution in [1.82, 2.24) is 9.55 Å². The summed E-state index contributed by atoms with van der Waals surface area (Å²) < 4.78 is 17.6. The molecule has 0 unspecified atom stereocenters. The number of nitrogens with zero attached hydrogens (tertiary/aromatic N) is 2. The van der Waals surface area contributed by atoms with Crippen LogP contribution in [0.5, 0.6) is 11.5 Å². The Morgan fingerprint density at radius 2 is 2.00 bits per heavy atom. The summed E-state index contributed by atoms with van der Waals surface area (Å²) in [4.78, 5) is 30.7. The van der Waals surface area contributed by atoms with Crippen molar-refractivity contribution in [3.8, 4) is 11.5 Å². The lowest BCUT2D eigenvalue weighted by molar-refractivity contribution is -0.115. The molecular weight excluding hydrogens is 430 g/mol.